The van der Waals surface area contributed by atoms with E-state index in [-0.39, 0.29) is 11.8 Å². The van der Waals surface area contributed by atoms with Gasteiger partial charge >= 0.3 is 5.97 Å². The van der Waals surface area contributed by atoms with E-state index in [1.807, 2.05) is 49.4 Å². The van der Waals surface area contributed by atoms with Crippen molar-refractivity contribution >= 4 is 17.3 Å². The summed E-state index contributed by atoms with van der Waals surface area (Å²) in [5, 5.41) is 0. The quantitative estimate of drug-likeness (QED) is 0.459. The van der Waals surface area contributed by atoms with Crippen molar-refractivity contribution in [2.24, 2.45) is 0 Å². The highest BCUT2D eigenvalue weighted by Crippen LogP contribution is 2.16. The number of hydrogen-bond acceptors (Lipinski definition) is 3. The molecule has 2 aromatic rings. The zero-order valence-corrected chi connectivity index (χ0v) is 13.4. The molecule has 0 radical (unpaired) electrons. The van der Waals surface area contributed by atoms with E-state index in [0.29, 0.717) is 18.6 Å². The summed E-state index contributed by atoms with van der Waals surface area (Å²) in [5.41, 5.74) is 3.38. The van der Waals surface area contributed by atoms with Crippen molar-refractivity contribution in [2.75, 3.05) is 6.61 Å². The highest BCUT2D eigenvalue weighted by molar-refractivity contribution is 5.98. The van der Waals surface area contributed by atoms with E-state index < -0.39 is 0 Å². The first-order valence-corrected chi connectivity index (χ1v) is 7.62. The second-order valence-corrected chi connectivity index (χ2v) is 5.24. The molecule has 3 heteroatoms. The number of esters is 1. The van der Waals surface area contributed by atoms with Crippen molar-refractivity contribution in [1.29, 1.82) is 0 Å². The minimum absolute atomic E-state index is 0.0785. The predicted molar refractivity (Wildman–Crippen MR) is 91.2 cm³/mol. The SMILES string of the molecule is CCOC(=O)C=C(C)c1ccc(C(=O)Cc2ccccc2)cc1. The van der Waals surface area contributed by atoms with Gasteiger partial charge in [0.25, 0.3) is 0 Å². The Labute approximate surface area is 136 Å². The first-order valence-electron chi connectivity index (χ1n) is 7.62. The van der Waals surface area contributed by atoms with E-state index in [0.717, 1.165) is 16.7 Å². The molecular formula is C20H20O3. The molecule has 0 aliphatic rings. The molecule has 0 saturated carbocycles. The maximum atomic E-state index is 12.3. The fourth-order valence-corrected chi connectivity index (χ4v) is 2.25. The van der Waals surface area contributed by atoms with Gasteiger partial charge in [0.15, 0.2) is 5.78 Å². The van der Waals surface area contributed by atoms with Crippen molar-refractivity contribution in [3.63, 3.8) is 0 Å². The van der Waals surface area contributed by atoms with Crippen molar-refractivity contribution in [3.05, 3.63) is 77.4 Å². The van der Waals surface area contributed by atoms with Gasteiger partial charge < -0.3 is 4.74 Å². The molecular weight excluding hydrogens is 288 g/mol. The number of ether oxygens (including phenoxy) is 1. The number of ketones is 1. The molecule has 0 saturated heterocycles. The van der Waals surface area contributed by atoms with Crippen LogP contribution in [-0.2, 0) is 16.0 Å². The third-order valence-corrected chi connectivity index (χ3v) is 3.49. The fourth-order valence-electron chi connectivity index (χ4n) is 2.25. The van der Waals surface area contributed by atoms with Gasteiger partial charge in [-0.3, -0.25) is 4.79 Å². The summed E-state index contributed by atoms with van der Waals surface area (Å²) >= 11 is 0. The van der Waals surface area contributed by atoms with E-state index >= 15 is 0 Å². The highest BCUT2D eigenvalue weighted by atomic mass is 16.5. The van der Waals surface area contributed by atoms with Crippen LogP contribution in [0.1, 0.15) is 35.3 Å². The zero-order chi connectivity index (χ0) is 16.7. The summed E-state index contributed by atoms with van der Waals surface area (Å²) in [6, 6.07) is 17.0. The van der Waals surface area contributed by atoms with Gasteiger partial charge in [0.05, 0.1) is 6.61 Å². The van der Waals surface area contributed by atoms with E-state index in [1.165, 1.54) is 6.08 Å². The molecule has 0 N–H and O–H groups in total. The Morgan fingerprint density at radius 2 is 1.57 bits per heavy atom. The van der Waals surface area contributed by atoms with Crippen LogP contribution in [0.5, 0.6) is 0 Å². The van der Waals surface area contributed by atoms with Gasteiger partial charge in [-0.05, 0) is 30.5 Å². The van der Waals surface area contributed by atoms with Crippen LogP contribution in [0, 0.1) is 0 Å². The van der Waals surface area contributed by atoms with Gasteiger partial charge in [0.1, 0.15) is 0 Å². The van der Waals surface area contributed by atoms with Crippen LogP contribution in [-0.4, -0.2) is 18.4 Å². The third-order valence-electron chi connectivity index (χ3n) is 3.49. The van der Waals surface area contributed by atoms with Crippen molar-refractivity contribution in [3.8, 4) is 0 Å². The maximum absolute atomic E-state index is 12.3. The molecule has 23 heavy (non-hydrogen) atoms. The Morgan fingerprint density at radius 1 is 0.957 bits per heavy atom. The summed E-state index contributed by atoms with van der Waals surface area (Å²) in [6.07, 6.45) is 1.85. The molecule has 2 aromatic carbocycles. The summed E-state index contributed by atoms with van der Waals surface area (Å²) < 4.78 is 4.89. The molecule has 0 heterocycles. The summed E-state index contributed by atoms with van der Waals surface area (Å²) in [6.45, 7) is 3.97. The minimum Gasteiger partial charge on any atom is -0.463 e. The summed E-state index contributed by atoms with van der Waals surface area (Å²) in [5.74, 6) is -0.274. The van der Waals surface area contributed by atoms with Crippen molar-refractivity contribution < 1.29 is 14.3 Å². The highest BCUT2D eigenvalue weighted by Gasteiger charge is 2.08. The average molecular weight is 308 g/mol. The third kappa shape index (κ3) is 4.92. The topological polar surface area (TPSA) is 43.4 Å². The average Bonchev–Trinajstić information content (AvgIpc) is 2.56. The standard InChI is InChI=1S/C20H20O3/c1-3-23-20(22)13-15(2)17-9-11-18(12-10-17)19(21)14-16-7-5-4-6-8-16/h4-13H,3,14H2,1-2H3. The molecule has 0 aliphatic heterocycles. The maximum Gasteiger partial charge on any atom is 0.331 e. The molecule has 0 fully saturated rings. The monoisotopic (exact) mass is 308 g/mol. The first kappa shape index (κ1) is 16.7. The molecule has 0 spiro atoms. The Bertz CT molecular complexity index is 697. The van der Waals surface area contributed by atoms with Crippen LogP contribution in [0.3, 0.4) is 0 Å². The molecule has 0 unspecified atom stereocenters. The molecule has 0 bridgehead atoms. The molecule has 0 amide bonds. The number of hydrogen-bond donors (Lipinski definition) is 0. The minimum atomic E-state index is -0.353. The fraction of sp³-hybridized carbons (Fsp3) is 0.200. The van der Waals surface area contributed by atoms with Gasteiger partial charge in [0, 0.05) is 18.1 Å². The number of rotatable bonds is 6. The van der Waals surface area contributed by atoms with Crippen LogP contribution >= 0.6 is 0 Å². The normalized spacial score (nSPS) is 11.1. The van der Waals surface area contributed by atoms with Crippen molar-refractivity contribution in [2.45, 2.75) is 20.3 Å². The second kappa shape index (κ2) is 8.08. The molecule has 0 atom stereocenters. The largest absolute Gasteiger partial charge is 0.463 e. The van der Waals surface area contributed by atoms with Crippen LogP contribution in [0.4, 0.5) is 0 Å². The van der Waals surface area contributed by atoms with E-state index in [2.05, 4.69) is 0 Å². The number of carbonyl (C=O) groups is 2. The van der Waals surface area contributed by atoms with Crippen LogP contribution in [0.15, 0.2) is 60.7 Å². The number of Topliss-reactive ketones (excluding diaryl/α,β-unsaturated/α-hetero) is 1. The van der Waals surface area contributed by atoms with Gasteiger partial charge in [-0.1, -0.05) is 54.6 Å². The van der Waals surface area contributed by atoms with E-state index in [9.17, 15) is 9.59 Å². The van der Waals surface area contributed by atoms with Crippen molar-refractivity contribution in [1.82, 2.24) is 0 Å². The zero-order valence-electron chi connectivity index (χ0n) is 13.4. The lowest BCUT2D eigenvalue weighted by molar-refractivity contribution is -0.137. The van der Waals surface area contributed by atoms with Gasteiger partial charge in [-0.15, -0.1) is 0 Å². The van der Waals surface area contributed by atoms with Gasteiger partial charge in [-0.25, -0.2) is 4.79 Å². The van der Waals surface area contributed by atoms with Crippen LogP contribution in [0.25, 0.3) is 5.57 Å². The Kier molecular flexibility index (Phi) is 5.87. The predicted octanol–water partition coefficient (Wildman–Crippen LogP) is 4.08. The van der Waals surface area contributed by atoms with Crippen LogP contribution in [0.2, 0.25) is 0 Å². The molecule has 118 valence electrons. The lowest BCUT2D eigenvalue weighted by Gasteiger charge is -2.05. The van der Waals surface area contributed by atoms with Crippen LogP contribution < -0.4 is 0 Å². The second-order valence-electron chi connectivity index (χ2n) is 5.24. The number of carbonyl (C=O) groups excluding carboxylic acids is 2. The summed E-state index contributed by atoms with van der Waals surface area (Å²) in [4.78, 5) is 23.7. The van der Waals surface area contributed by atoms with Gasteiger partial charge in [-0.2, -0.15) is 0 Å². The molecule has 3 nitrogen and oxygen atoms in total. The first-order chi connectivity index (χ1) is 11.1. The molecule has 0 aliphatic carbocycles. The number of allylic oxidation sites excluding steroid dienone is 1. The van der Waals surface area contributed by atoms with E-state index in [1.54, 1.807) is 19.1 Å². The molecule has 2 rings (SSSR count). The van der Waals surface area contributed by atoms with Gasteiger partial charge in [0.2, 0.25) is 0 Å². The smallest absolute Gasteiger partial charge is 0.331 e. The Balaban J connectivity index is 2.07. The van der Waals surface area contributed by atoms with E-state index in [4.69, 9.17) is 4.74 Å². The lowest BCUT2D eigenvalue weighted by Crippen LogP contribution is -2.03. The number of benzene rings is 2. The Hall–Kier alpha value is -2.68. The summed E-state index contributed by atoms with van der Waals surface area (Å²) in [7, 11) is 0. The lowest BCUT2D eigenvalue weighted by atomic mass is 10.00. The molecule has 0 aromatic heterocycles. The Morgan fingerprint density at radius 3 is 2.17 bits per heavy atom.